The van der Waals surface area contributed by atoms with Gasteiger partial charge in [-0.15, -0.1) is 0 Å². The third-order valence-corrected chi connectivity index (χ3v) is 3.28. The summed E-state index contributed by atoms with van der Waals surface area (Å²) in [6.07, 6.45) is 14.9. The van der Waals surface area contributed by atoms with Crippen LogP contribution in [-0.2, 0) is 0 Å². The zero-order chi connectivity index (χ0) is 12.1. The van der Waals surface area contributed by atoms with Crippen LogP contribution in [0.2, 0.25) is 0 Å². The molecule has 0 aromatic rings. The summed E-state index contributed by atoms with van der Waals surface area (Å²) in [5.74, 6) is 5.50. The third kappa shape index (κ3) is 10.4. The van der Waals surface area contributed by atoms with Gasteiger partial charge in [0.2, 0.25) is 0 Å². The smallest absolute Gasteiger partial charge is 0.0210 e. The summed E-state index contributed by atoms with van der Waals surface area (Å²) in [4.78, 5) is 0. The lowest BCUT2D eigenvalue weighted by Gasteiger charge is -2.14. The highest BCUT2D eigenvalue weighted by Gasteiger charge is 2.03. The molecule has 2 nitrogen and oxygen atoms in total. The van der Waals surface area contributed by atoms with Gasteiger partial charge in [0.15, 0.2) is 0 Å². The van der Waals surface area contributed by atoms with Crippen molar-refractivity contribution in [3.05, 3.63) is 0 Å². The van der Waals surface area contributed by atoms with Crippen LogP contribution in [0.15, 0.2) is 0 Å². The zero-order valence-electron chi connectivity index (χ0n) is 11.4. The molecule has 0 spiro atoms. The summed E-state index contributed by atoms with van der Waals surface area (Å²) in [6, 6.07) is 0.546. The summed E-state index contributed by atoms with van der Waals surface area (Å²) in [5.41, 5.74) is 2.92. The summed E-state index contributed by atoms with van der Waals surface area (Å²) >= 11 is 0. The molecule has 0 saturated carbocycles. The summed E-state index contributed by atoms with van der Waals surface area (Å²) < 4.78 is 0. The van der Waals surface area contributed by atoms with Crippen molar-refractivity contribution in [2.45, 2.75) is 90.5 Å². The molecule has 0 aromatic carbocycles. The number of unbranched alkanes of at least 4 members (excludes halogenated alkanes) is 7. The maximum atomic E-state index is 5.50. The van der Waals surface area contributed by atoms with Gasteiger partial charge in [-0.3, -0.25) is 11.3 Å². The fraction of sp³-hybridized carbons (Fsp3) is 1.00. The second-order valence-electron chi connectivity index (χ2n) is 4.92. The Labute approximate surface area is 102 Å². The Morgan fingerprint density at radius 1 is 0.750 bits per heavy atom. The lowest BCUT2D eigenvalue weighted by Crippen LogP contribution is -2.34. The minimum Gasteiger partial charge on any atom is -0.271 e. The molecule has 0 bridgehead atoms. The van der Waals surface area contributed by atoms with E-state index in [1.807, 2.05) is 0 Å². The van der Waals surface area contributed by atoms with Crippen LogP contribution >= 0.6 is 0 Å². The van der Waals surface area contributed by atoms with Crippen LogP contribution in [0, 0.1) is 0 Å². The quantitative estimate of drug-likeness (QED) is 0.299. The molecule has 0 aliphatic rings. The van der Waals surface area contributed by atoms with Gasteiger partial charge in [-0.1, -0.05) is 71.6 Å². The Morgan fingerprint density at radius 2 is 1.31 bits per heavy atom. The SMILES string of the molecule is CCCCCCCCCCC(CCC)NN. The van der Waals surface area contributed by atoms with E-state index in [9.17, 15) is 0 Å². The van der Waals surface area contributed by atoms with Crippen molar-refractivity contribution in [3.63, 3.8) is 0 Å². The second kappa shape index (κ2) is 13.0. The van der Waals surface area contributed by atoms with Crippen molar-refractivity contribution in [1.29, 1.82) is 0 Å². The maximum Gasteiger partial charge on any atom is 0.0210 e. The molecule has 16 heavy (non-hydrogen) atoms. The molecule has 0 amide bonds. The second-order valence-corrected chi connectivity index (χ2v) is 4.92. The first kappa shape index (κ1) is 15.9. The molecule has 1 atom stereocenters. The average Bonchev–Trinajstić information content (AvgIpc) is 2.31. The molecule has 0 heterocycles. The van der Waals surface area contributed by atoms with Crippen molar-refractivity contribution in [3.8, 4) is 0 Å². The monoisotopic (exact) mass is 228 g/mol. The summed E-state index contributed by atoms with van der Waals surface area (Å²) in [6.45, 7) is 4.49. The van der Waals surface area contributed by atoms with Crippen LogP contribution in [0.1, 0.15) is 84.5 Å². The predicted molar refractivity (Wildman–Crippen MR) is 73.2 cm³/mol. The number of hydrogen-bond acceptors (Lipinski definition) is 2. The van der Waals surface area contributed by atoms with Gasteiger partial charge < -0.3 is 0 Å². The minimum atomic E-state index is 0.546. The molecule has 2 heteroatoms. The highest BCUT2D eigenvalue weighted by Crippen LogP contribution is 2.11. The van der Waals surface area contributed by atoms with E-state index in [1.165, 1.54) is 70.6 Å². The highest BCUT2D eigenvalue weighted by molar-refractivity contribution is 4.62. The van der Waals surface area contributed by atoms with Gasteiger partial charge in [-0.05, 0) is 12.8 Å². The molecule has 0 radical (unpaired) electrons. The zero-order valence-corrected chi connectivity index (χ0v) is 11.4. The van der Waals surface area contributed by atoms with Crippen molar-refractivity contribution in [2.75, 3.05) is 0 Å². The molecular formula is C14H32N2. The van der Waals surface area contributed by atoms with Gasteiger partial charge in [0, 0.05) is 6.04 Å². The first-order valence-corrected chi connectivity index (χ1v) is 7.31. The molecule has 0 aliphatic carbocycles. The molecule has 0 rings (SSSR count). The molecule has 98 valence electrons. The molecule has 1 unspecified atom stereocenters. The number of hydrazine groups is 1. The first-order valence-electron chi connectivity index (χ1n) is 7.31. The van der Waals surface area contributed by atoms with E-state index < -0.39 is 0 Å². The lowest BCUT2D eigenvalue weighted by atomic mass is 10.0. The van der Waals surface area contributed by atoms with Crippen LogP contribution in [-0.4, -0.2) is 6.04 Å². The Kier molecular flexibility index (Phi) is 12.9. The van der Waals surface area contributed by atoms with E-state index in [-0.39, 0.29) is 0 Å². The minimum absolute atomic E-state index is 0.546. The van der Waals surface area contributed by atoms with E-state index >= 15 is 0 Å². The van der Waals surface area contributed by atoms with E-state index in [0.717, 1.165) is 0 Å². The van der Waals surface area contributed by atoms with Crippen LogP contribution in [0.5, 0.6) is 0 Å². The molecular weight excluding hydrogens is 196 g/mol. The molecule has 0 fully saturated rings. The molecule has 0 saturated heterocycles. The van der Waals surface area contributed by atoms with Gasteiger partial charge in [-0.25, -0.2) is 0 Å². The van der Waals surface area contributed by atoms with Gasteiger partial charge in [0.25, 0.3) is 0 Å². The fourth-order valence-electron chi connectivity index (χ4n) is 2.18. The predicted octanol–water partition coefficient (Wildman–Crippen LogP) is 4.15. The standard InChI is InChI=1S/C14H32N2/c1-3-5-6-7-8-9-10-11-13-14(16-15)12-4-2/h14,16H,3-13,15H2,1-2H3. The Hall–Kier alpha value is -0.0800. The number of rotatable bonds is 12. The highest BCUT2D eigenvalue weighted by atomic mass is 15.2. The van der Waals surface area contributed by atoms with Crippen LogP contribution in [0.4, 0.5) is 0 Å². The van der Waals surface area contributed by atoms with Crippen LogP contribution in [0.25, 0.3) is 0 Å². The third-order valence-electron chi connectivity index (χ3n) is 3.28. The number of nitrogens with one attached hydrogen (secondary N) is 1. The molecule has 0 aromatic heterocycles. The van der Waals surface area contributed by atoms with Crippen molar-refractivity contribution >= 4 is 0 Å². The van der Waals surface area contributed by atoms with E-state index in [4.69, 9.17) is 5.84 Å². The number of hydrogen-bond donors (Lipinski definition) is 2. The van der Waals surface area contributed by atoms with Crippen molar-refractivity contribution < 1.29 is 0 Å². The van der Waals surface area contributed by atoms with Gasteiger partial charge in [-0.2, -0.15) is 0 Å². The maximum absolute atomic E-state index is 5.50. The van der Waals surface area contributed by atoms with Gasteiger partial charge >= 0.3 is 0 Å². The molecule has 3 N–H and O–H groups in total. The first-order chi connectivity index (χ1) is 7.85. The van der Waals surface area contributed by atoms with Crippen LogP contribution < -0.4 is 11.3 Å². The number of nitrogens with two attached hydrogens (primary N) is 1. The normalized spacial score (nSPS) is 12.9. The van der Waals surface area contributed by atoms with Gasteiger partial charge in [0.1, 0.15) is 0 Å². The van der Waals surface area contributed by atoms with Crippen LogP contribution in [0.3, 0.4) is 0 Å². The van der Waals surface area contributed by atoms with E-state index in [1.54, 1.807) is 0 Å². The van der Waals surface area contributed by atoms with E-state index in [2.05, 4.69) is 19.3 Å². The largest absolute Gasteiger partial charge is 0.271 e. The van der Waals surface area contributed by atoms with Gasteiger partial charge in [0.05, 0.1) is 0 Å². The average molecular weight is 228 g/mol. The topological polar surface area (TPSA) is 38.0 Å². The van der Waals surface area contributed by atoms with Crippen molar-refractivity contribution in [1.82, 2.24) is 5.43 Å². The molecule has 0 aliphatic heterocycles. The van der Waals surface area contributed by atoms with Crippen molar-refractivity contribution in [2.24, 2.45) is 5.84 Å². The Morgan fingerprint density at radius 3 is 1.81 bits per heavy atom. The lowest BCUT2D eigenvalue weighted by molar-refractivity contribution is 0.434. The fourth-order valence-corrected chi connectivity index (χ4v) is 2.18. The van der Waals surface area contributed by atoms with E-state index in [0.29, 0.717) is 6.04 Å². The Balaban J connectivity index is 3.12. The summed E-state index contributed by atoms with van der Waals surface area (Å²) in [7, 11) is 0. The Bertz CT molecular complexity index is 126. The summed E-state index contributed by atoms with van der Waals surface area (Å²) in [5, 5.41) is 0.